The number of hydrogen-bond donors (Lipinski definition) is 2. The summed E-state index contributed by atoms with van der Waals surface area (Å²) in [5, 5.41) is 11.9. The maximum atomic E-state index is 13.1. The second-order valence-corrected chi connectivity index (χ2v) is 8.37. The average molecular weight is 435 g/mol. The summed E-state index contributed by atoms with van der Waals surface area (Å²) in [7, 11) is 0. The summed E-state index contributed by atoms with van der Waals surface area (Å²) in [6.07, 6.45) is 3.51. The first-order valence-corrected chi connectivity index (χ1v) is 11.1. The van der Waals surface area contributed by atoms with Crippen LogP contribution in [0.4, 0.5) is 9.18 Å². The third-order valence-corrected chi connectivity index (χ3v) is 6.07. The van der Waals surface area contributed by atoms with Crippen molar-refractivity contribution in [3.63, 3.8) is 0 Å². The van der Waals surface area contributed by atoms with Crippen LogP contribution < -0.4 is 10.1 Å². The number of alkyl halides is 1. The summed E-state index contributed by atoms with van der Waals surface area (Å²) < 4.78 is 19.1. The first-order chi connectivity index (χ1) is 14.9. The predicted octanol–water partition coefficient (Wildman–Crippen LogP) is 3.82. The number of carboxylic acids is 1. The highest BCUT2D eigenvalue weighted by atomic mass is 19.1. The molecule has 2 N–H and O–H groups in total. The van der Waals surface area contributed by atoms with Crippen LogP contribution >= 0.6 is 0 Å². The molecule has 1 saturated carbocycles. The average Bonchev–Trinajstić information content (AvgIpc) is 2.78. The molecule has 8 heteroatoms. The van der Waals surface area contributed by atoms with Crippen molar-refractivity contribution >= 4 is 17.8 Å². The van der Waals surface area contributed by atoms with E-state index in [2.05, 4.69) is 5.32 Å². The molecular formula is C23H31FN2O5. The van der Waals surface area contributed by atoms with E-state index in [0.717, 1.165) is 12.8 Å². The van der Waals surface area contributed by atoms with Crippen LogP contribution in [0.2, 0.25) is 0 Å². The van der Waals surface area contributed by atoms with Gasteiger partial charge in [0.25, 0.3) is 0 Å². The lowest BCUT2D eigenvalue weighted by Gasteiger charge is -2.28. The van der Waals surface area contributed by atoms with E-state index in [9.17, 15) is 18.8 Å². The van der Waals surface area contributed by atoms with Gasteiger partial charge in [-0.25, -0.2) is 9.18 Å². The number of hydrogen-bond acceptors (Lipinski definition) is 4. The van der Waals surface area contributed by atoms with E-state index in [4.69, 9.17) is 9.84 Å². The molecule has 2 fully saturated rings. The zero-order valence-electron chi connectivity index (χ0n) is 17.7. The topological polar surface area (TPSA) is 95.9 Å². The zero-order chi connectivity index (χ0) is 22.2. The molecule has 1 heterocycles. The quantitative estimate of drug-likeness (QED) is 0.479. The van der Waals surface area contributed by atoms with Crippen molar-refractivity contribution in [1.82, 2.24) is 10.2 Å². The number of benzene rings is 1. The standard InChI is InChI=1S/C23H31FN2O5/c24-18-11-14-26(15-12-18)23(30)25-13-1-2-21(27)16-3-7-19(8-4-16)31-20-9-5-17(6-10-20)22(28)29/h3-4,7-8,17-18,20H,1-2,5-6,9-15H2,(H,25,30)(H,28,29). The van der Waals surface area contributed by atoms with Crippen LogP contribution in [-0.2, 0) is 4.79 Å². The monoisotopic (exact) mass is 434 g/mol. The zero-order valence-corrected chi connectivity index (χ0v) is 17.7. The molecule has 170 valence electrons. The molecule has 1 aromatic carbocycles. The molecule has 1 aromatic rings. The first kappa shape index (κ1) is 23.0. The Morgan fingerprint density at radius 3 is 2.29 bits per heavy atom. The maximum Gasteiger partial charge on any atom is 0.317 e. The third kappa shape index (κ3) is 6.94. The highest BCUT2D eigenvalue weighted by Gasteiger charge is 2.27. The van der Waals surface area contributed by atoms with Crippen LogP contribution in [0, 0.1) is 5.92 Å². The highest BCUT2D eigenvalue weighted by molar-refractivity contribution is 5.96. The Morgan fingerprint density at radius 1 is 1.03 bits per heavy atom. The molecule has 3 rings (SSSR count). The van der Waals surface area contributed by atoms with E-state index in [1.165, 1.54) is 0 Å². The molecule has 31 heavy (non-hydrogen) atoms. The predicted molar refractivity (Wildman–Crippen MR) is 113 cm³/mol. The molecule has 0 radical (unpaired) electrons. The molecule has 2 amide bonds. The van der Waals surface area contributed by atoms with E-state index >= 15 is 0 Å². The minimum absolute atomic E-state index is 0.000934. The van der Waals surface area contributed by atoms with Gasteiger partial charge >= 0.3 is 12.0 Å². The van der Waals surface area contributed by atoms with Gasteiger partial charge in [0, 0.05) is 31.6 Å². The SMILES string of the molecule is O=C(CCCNC(=O)N1CCC(F)CC1)c1ccc(OC2CCC(C(=O)O)CC2)cc1. The summed E-state index contributed by atoms with van der Waals surface area (Å²) in [6, 6.07) is 6.82. The first-order valence-electron chi connectivity index (χ1n) is 11.1. The number of urea groups is 1. The number of nitrogens with one attached hydrogen (secondary N) is 1. The van der Waals surface area contributed by atoms with Crippen LogP contribution in [0.15, 0.2) is 24.3 Å². The molecule has 1 saturated heterocycles. The van der Waals surface area contributed by atoms with Gasteiger partial charge in [0.05, 0.1) is 12.0 Å². The molecule has 0 atom stereocenters. The van der Waals surface area contributed by atoms with E-state index in [0.29, 0.717) is 69.5 Å². The van der Waals surface area contributed by atoms with Crippen LogP contribution in [0.1, 0.15) is 61.7 Å². The molecule has 1 aliphatic heterocycles. The van der Waals surface area contributed by atoms with E-state index in [1.807, 2.05) is 0 Å². The lowest BCUT2D eigenvalue weighted by atomic mass is 9.87. The molecule has 0 aromatic heterocycles. The van der Waals surface area contributed by atoms with Crippen LogP contribution in [-0.4, -0.2) is 59.7 Å². The van der Waals surface area contributed by atoms with Crippen LogP contribution in [0.25, 0.3) is 0 Å². The Balaban J connectivity index is 1.34. The Hall–Kier alpha value is -2.64. The molecular weight excluding hydrogens is 403 g/mol. The Bertz CT molecular complexity index is 754. The van der Waals surface area contributed by atoms with Crippen LogP contribution in [0.3, 0.4) is 0 Å². The number of carbonyl (C=O) groups excluding carboxylic acids is 2. The molecule has 1 aliphatic carbocycles. The second kappa shape index (κ2) is 11.1. The maximum absolute atomic E-state index is 13.1. The molecule has 2 aliphatic rings. The van der Waals surface area contributed by atoms with Crippen molar-refractivity contribution in [3.8, 4) is 5.75 Å². The fraction of sp³-hybridized carbons (Fsp3) is 0.609. The molecule has 0 bridgehead atoms. The Kier molecular flexibility index (Phi) is 8.26. The summed E-state index contributed by atoms with van der Waals surface area (Å²) in [5.74, 6) is -0.324. The number of rotatable bonds is 8. The highest BCUT2D eigenvalue weighted by Crippen LogP contribution is 2.28. The summed E-state index contributed by atoms with van der Waals surface area (Å²) in [6.45, 7) is 1.27. The van der Waals surface area contributed by atoms with Gasteiger partial charge in [-0.3, -0.25) is 9.59 Å². The van der Waals surface area contributed by atoms with Gasteiger partial charge in [-0.15, -0.1) is 0 Å². The fourth-order valence-corrected chi connectivity index (χ4v) is 4.09. The van der Waals surface area contributed by atoms with Crippen LogP contribution in [0.5, 0.6) is 5.75 Å². The molecule has 7 nitrogen and oxygen atoms in total. The number of likely N-dealkylation sites (tertiary alicyclic amines) is 1. The summed E-state index contributed by atoms with van der Waals surface area (Å²) in [4.78, 5) is 37.0. The second-order valence-electron chi connectivity index (χ2n) is 8.37. The van der Waals surface area contributed by atoms with E-state index < -0.39 is 12.1 Å². The number of carboxylic acid groups (broad SMARTS) is 1. The van der Waals surface area contributed by atoms with Crippen molar-refractivity contribution < 1.29 is 28.6 Å². The van der Waals surface area contributed by atoms with Crippen molar-refractivity contribution in [2.75, 3.05) is 19.6 Å². The lowest BCUT2D eigenvalue weighted by molar-refractivity contribution is -0.143. The summed E-state index contributed by atoms with van der Waals surface area (Å²) >= 11 is 0. The van der Waals surface area contributed by atoms with Gasteiger partial charge < -0.3 is 20.1 Å². The molecule has 0 unspecified atom stereocenters. The number of ether oxygens (including phenoxy) is 1. The van der Waals surface area contributed by atoms with Crippen molar-refractivity contribution in [2.24, 2.45) is 5.92 Å². The van der Waals surface area contributed by atoms with Gasteiger partial charge in [-0.05, 0) is 69.2 Å². The number of nitrogens with zero attached hydrogens (tertiary/aromatic N) is 1. The minimum atomic E-state index is -0.814. The number of carbonyl (C=O) groups is 3. The van der Waals surface area contributed by atoms with Crippen molar-refractivity contribution in [3.05, 3.63) is 29.8 Å². The number of ketones is 1. The largest absolute Gasteiger partial charge is 0.490 e. The van der Waals surface area contributed by atoms with Gasteiger partial charge in [0.15, 0.2) is 5.78 Å². The number of halogens is 1. The molecule has 0 spiro atoms. The van der Waals surface area contributed by atoms with Gasteiger partial charge in [0.2, 0.25) is 0 Å². The Labute approximate surface area is 181 Å². The van der Waals surface area contributed by atoms with Gasteiger partial charge in [0.1, 0.15) is 11.9 Å². The third-order valence-electron chi connectivity index (χ3n) is 6.07. The number of Topliss-reactive ketones (excluding diaryl/α,β-unsaturated/α-hetero) is 1. The van der Waals surface area contributed by atoms with Gasteiger partial charge in [-0.1, -0.05) is 0 Å². The lowest BCUT2D eigenvalue weighted by Crippen LogP contribution is -2.45. The Morgan fingerprint density at radius 2 is 1.68 bits per heavy atom. The normalized spacial score (nSPS) is 22.0. The van der Waals surface area contributed by atoms with Gasteiger partial charge in [-0.2, -0.15) is 0 Å². The van der Waals surface area contributed by atoms with E-state index in [1.54, 1.807) is 29.2 Å². The smallest absolute Gasteiger partial charge is 0.317 e. The fourth-order valence-electron chi connectivity index (χ4n) is 4.09. The van der Waals surface area contributed by atoms with Crippen molar-refractivity contribution in [2.45, 2.75) is 63.6 Å². The van der Waals surface area contributed by atoms with E-state index in [-0.39, 0.29) is 23.8 Å². The number of piperidine rings is 1. The summed E-state index contributed by atoms with van der Waals surface area (Å²) in [5.41, 5.74) is 0.596. The minimum Gasteiger partial charge on any atom is -0.490 e. The van der Waals surface area contributed by atoms with Crippen molar-refractivity contribution in [1.29, 1.82) is 0 Å². The number of amides is 2. The number of aliphatic carboxylic acids is 1.